The van der Waals surface area contributed by atoms with Crippen LogP contribution in [0.4, 0.5) is 0 Å². The van der Waals surface area contributed by atoms with Crippen LogP contribution in [0.3, 0.4) is 0 Å². The highest BCUT2D eigenvalue weighted by atomic mass is 16.7. The summed E-state index contributed by atoms with van der Waals surface area (Å²) in [5, 5.41) is 11.8. The normalized spacial score (nSPS) is 13.0. The lowest BCUT2D eigenvalue weighted by Gasteiger charge is -2.26. The molecule has 0 saturated carbocycles. The second kappa shape index (κ2) is 51.9. The van der Waals surface area contributed by atoms with Gasteiger partial charge in [0.1, 0.15) is 13.2 Å². The van der Waals surface area contributed by atoms with Gasteiger partial charge in [-0.2, -0.15) is 0 Å². The highest BCUT2D eigenvalue weighted by Crippen LogP contribution is 2.16. The van der Waals surface area contributed by atoms with Crippen molar-refractivity contribution in [2.75, 3.05) is 47.5 Å². The maximum atomic E-state index is 12.9. The van der Waals surface area contributed by atoms with Crippen LogP contribution in [0.15, 0.2) is 36.5 Å². The molecule has 0 amide bonds. The molecule has 0 aliphatic carbocycles. The Morgan fingerprint density at radius 2 is 0.783 bits per heavy atom. The predicted octanol–water partition coefficient (Wildman–Crippen LogP) is 15.6. The number of rotatable bonds is 54. The van der Waals surface area contributed by atoms with Crippen molar-refractivity contribution in [1.82, 2.24) is 0 Å². The summed E-state index contributed by atoms with van der Waals surface area (Å²) >= 11 is 0. The summed E-state index contributed by atoms with van der Waals surface area (Å²) in [4.78, 5) is 37.2. The largest absolute Gasteiger partial charge is 0.545 e. The number of hydrogen-bond donors (Lipinski definition) is 0. The number of esters is 2. The van der Waals surface area contributed by atoms with E-state index in [1.54, 1.807) is 0 Å². The molecule has 0 rings (SSSR count). The van der Waals surface area contributed by atoms with Crippen LogP contribution in [0, 0.1) is 0 Å². The summed E-state index contributed by atoms with van der Waals surface area (Å²) in [6.07, 6.45) is 59.1. The van der Waals surface area contributed by atoms with Gasteiger partial charge in [0.25, 0.3) is 0 Å². The van der Waals surface area contributed by atoms with Gasteiger partial charge in [0.2, 0.25) is 0 Å². The van der Waals surface area contributed by atoms with Crippen LogP contribution in [-0.4, -0.2) is 82.3 Å². The van der Waals surface area contributed by atoms with Crippen LogP contribution in [0.5, 0.6) is 0 Å². The maximum Gasteiger partial charge on any atom is 0.306 e. The molecule has 0 bridgehead atoms. The third-order valence-electron chi connectivity index (χ3n) is 12.9. The van der Waals surface area contributed by atoms with Gasteiger partial charge in [0, 0.05) is 12.8 Å². The Balaban J connectivity index is 4.15. The fourth-order valence-electron chi connectivity index (χ4n) is 8.33. The van der Waals surface area contributed by atoms with Crippen molar-refractivity contribution in [3.05, 3.63) is 36.5 Å². The van der Waals surface area contributed by atoms with Gasteiger partial charge in [-0.05, 0) is 70.6 Å². The molecule has 0 spiro atoms. The van der Waals surface area contributed by atoms with Gasteiger partial charge in [-0.25, -0.2) is 0 Å². The van der Waals surface area contributed by atoms with E-state index in [4.69, 9.17) is 18.9 Å². The number of hydrogen-bond acceptors (Lipinski definition) is 8. The quantitative estimate of drug-likeness (QED) is 0.0195. The average Bonchev–Trinajstić information content (AvgIpc) is 3.31. The Morgan fingerprint density at radius 1 is 0.435 bits per heavy atom. The number of carbonyl (C=O) groups is 3. The molecule has 2 unspecified atom stereocenters. The molecule has 0 saturated heterocycles. The van der Waals surface area contributed by atoms with E-state index in [2.05, 4.69) is 50.3 Å². The lowest BCUT2D eigenvalue weighted by molar-refractivity contribution is -0.870. The van der Waals surface area contributed by atoms with Crippen LogP contribution in [-0.2, 0) is 33.3 Å². The third-order valence-corrected chi connectivity index (χ3v) is 12.9. The van der Waals surface area contributed by atoms with Gasteiger partial charge in [-0.3, -0.25) is 9.59 Å². The zero-order valence-electron chi connectivity index (χ0n) is 45.9. The Hall–Kier alpha value is -2.49. The number of likely N-dealkylation sites (N-methyl/N-ethyl adjacent to an activating group) is 1. The van der Waals surface area contributed by atoms with Crippen LogP contribution < -0.4 is 5.11 Å². The van der Waals surface area contributed by atoms with Gasteiger partial charge >= 0.3 is 11.9 Å². The molecule has 9 nitrogen and oxygen atoms in total. The molecule has 0 aromatic rings. The summed E-state index contributed by atoms with van der Waals surface area (Å²) in [6.45, 7) is 4.75. The first-order chi connectivity index (χ1) is 33.6. The van der Waals surface area contributed by atoms with E-state index in [0.29, 0.717) is 17.4 Å². The Labute approximate surface area is 426 Å². The molecule has 0 heterocycles. The molecule has 0 aliphatic heterocycles. The van der Waals surface area contributed by atoms with E-state index < -0.39 is 24.3 Å². The van der Waals surface area contributed by atoms with E-state index in [-0.39, 0.29) is 38.6 Å². The highest BCUT2D eigenvalue weighted by Gasteiger charge is 2.22. The van der Waals surface area contributed by atoms with Gasteiger partial charge < -0.3 is 33.3 Å². The topological polar surface area (TPSA) is 111 Å². The van der Waals surface area contributed by atoms with Crippen molar-refractivity contribution in [3.8, 4) is 0 Å². The molecule has 0 aromatic heterocycles. The van der Waals surface area contributed by atoms with Gasteiger partial charge in [0.05, 0.1) is 40.3 Å². The predicted molar refractivity (Wildman–Crippen MR) is 288 cm³/mol. The van der Waals surface area contributed by atoms with Crippen LogP contribution in [0.2, 0.25) is 0 Å². The second-order valence-electron chi connectivity index (χ2n) is 20.9. The standard InChI is InChI=1S/C60H111NO8/c1-6-8-10-12-14-16-18-20-22-23-24-25-26-27-28-29-30-31-32-33-34-35-37-39-41-43-45-47-49-51-58(63)69-56(55-68-60(59(64)65)66-53-52-61(3,4)5)54-67-57(62)50-48-46-44-42-40-38-36-21-19-17-15-13-11-9-7-2/h18,20-21,23-24,36,56,60H,6-17,19,22,25-35,37-55H2,1-5H3/b20-18-,24-23-,36-21-. The van der Waals surface area contributed by atoms with Crippen molar-refractivity contribution in [1.29, 1.82) is 0 Å². The van der Waals surface area contributed by atoms with Gasteiger partial charge in [-0.15, -0.1) is 0 Å². The van der Waals surface area contributed by atoms with Crippen LogP contribution in [0.25, 0.3) is 0 Å². The first-order valence-corrected chi connectivity index (χ1v) is 29.1. The average molecular weight is 975 g/mol. The molecule has 0 aromatic carbocycles. The Kier molecular flexibility index (Phi) is 50.0. The zero-order valence-corrected chi connectivity index (χ0v) is 45.9. The number of allylic oxidation sites excluding steroid dienone is 6. The number of unbranched alkanes of at least 4 members (excludes halogenated alkanes) is 33. The van der Waals surface area contributed by atoms with E-state index in [9.17, 15) is 19.5 Å². The minimum Gasteiger partial charge on any atom is -0.545 e. The lowest BCUT2D eigenvalue weighted by atomic mass is 10.0. The molecule has 2 atom stereocenters. The van der Waals surface area contributed by atoms with E-state index in [1.807, 2.05) is 21.1 Å². The van der Waals surface area contributed by atoms with Crippen molar-refractivity contribution in [2.45, 2.75) is 283 Å². The van der Waals surface area contributed by atoms with E-state index in [0.717, 1.165) is 57.8 Å². The number of carbonyl (C=O) groups excluding carboxylic acids is 3. The van der Waals surface area contributed by atoms with Crippen molar-refractivity contribution in [2.24, 2.45) is 0 Å². The fourth-order valence-corrected chi connectivity index (χ4v) is 8.33. The fraction of sp³-hybridized carbons (Fsp3) is 0.850. The monoisotopic (exact) mass is 974 g/mol. The van der Waals surface area contributed by atoms with E-state index >= 15 is 0 Å². The smallest absolute Gasteiger partial charge is 0.306 e. The third kappa shape index (κ3) is 53.1. The van der Waals surface area contributed by atoms with Gasteiger partial charge in [0.15, 0.2) is 12.4 Å². The lowest BCUT2D eigenvalue weighted by Crippen LogP contribution is -2.44. The summed E-state index contributed by atoms with van der Waals surface area (Å²) < 4.78 is 22.7. The number of carboxylic acid groups (broad SMARTS) is 1. The highest BCUT2D eigenvalue weighted by molar-refractivity contribution is 5.70. The summed E-state index contributed by atoms with van der Waals surface area (Å²) in [5.74, 6) is -2.28. The van der Waals surface area contributed by atoms with Crippen molar-refractivity contribution < 1.29 is 42.9 Å². The van der Waals surface area contributed by atoms with Crippen molar-refractivity contribution >= 4 is 17.9 Å². The summed E-state index contributed by atoms with van der Waals surface area (Å²) in [7, 11) is 5.92. The molecular formula is C60H111NO8. The molecule has 69 heavy (non-hydrogen) atoms. The van der Waals surface area contributed by atoms with Crippen molar-refractivity contribution in [3.63, 3.8) is 0 Å². The maximum absolute atomic E-state index is 12.9. The first kappa shape index (κ1) is 66.5. The number of quaternary nitrogens is 1. The summed E-state index contributed by atoms with van der Waals surface area (Å²) in [6, 6.07) is 0. The van der Waals surface area contributed by atoms with E-state index in [1.165, 1.54) is 180 Å². The number of nitrogens with zero attached hydrogens (tertiary/aromatic N) is 1. The molecule has 0 radical (unpaired) electrons. The molecule has 404 valence electrons. The Bertz CT molecular complexity index is 1230. The minimum atomic E-state index is -1.62. The molecule has 0 aliphatic rings. The van der Waals surface area contributed by atoms with Crippen LogP contribution >= 0.6 is 0 Å². The Morgan fingerprint density at radius 3 is 1.16 bits per heavy atom. The molecule has 0 N–H and O–H groups in total. The number of carboxylic acids is 1. The summed E-state index contributed by atoms with van der Waals surface area (Å²) in [5.41, 5.74) is 0. The minimum absolute atomic E-state index is 0.148. The first-order valence-electron chi connectivity index (χ1n) is 29.1. The molecule has 0 fully saturated rings. The van der Waals surface area contributed by atoms with Crippen LogP contribution in [0.1, 0.15) is 271 Å². The molecular weight excluding hydrogens is 863 g/mol. The SMILES string of the molecule is CCCCCCC/C=C\C/C=C\CCCCCCCCCCCCCCCCCCCC(=O)OC(COC(=O)CCCCCCC/C=C\CCCCCCCC)COC(OCC[N+](C)(C)C)C(=O)[O-]. The van der Waals surface area contributed by atoms with Gasteiger partial charge in [-0.1, -0.05) is 224 Å². The number of ether oxygens (including phenoxy) is 4. The molecule has 9 heteroatoms. The number of aliphatic carboxylic acids is 1. The zero-order chi connectivity index (χ0) is 50.6. The second-order valence-corrected chi connectivity index (χ2v) is 20.9.